The zero-order chi connectivity index (χ0) is 11.3. The molecule has 82 valence electrons. The van der Waals surface area contributed by atoms with Crippen molar-refractivity contribution in [2.45, 2.75) is 6.92 Å². The average Bonchev–Trinajstić information content (AvgIpc) is 2.20. The lowest BCUT2D eigenvalue weighted by atomic mass is 10.2. The lowest BCUT2D eigenvalue weighted by Gasteiger charge is -2.07. The molecule has 0 radical (unpaired) electrons. The summed E-state index contributed by atoms with van der Waals surface area (Å²) in [5.74, 6) is -0.660. The van der Waals surface area contributed by atoms with Crippen molar-refractivity contribution in [3.05, 3.63) is 28.8 Å². The molecule has 0 aliphatic rings. The van der Waals surface area contributed by atoms with Gasteiger partial charge in [-0.1, -0.05) is 11.6 Å². The first-order chi connectivity index (χ1) is 7.15. The number of halogens is 1. The summed E-state index contributed by atoms with van der Waals surface area (Å²) in [6, 6.07) is 4.43. The molecule has 0 amide bonds. The summed E-state index contributed by atoms with van der Waals surface area (Å²) in [4.78, 5) is 10.7. The summed E-state index contributed by atoms with van der Waals surface area (Å²) in [7, 11) is 0. The molecule has 0 saturated carbocycles. The normalized spacial score (nSPS) is 10.0. The van der Waals surface area contributed by atoms with Crippen LogP contribution in [0.4, 0.5) is 0 Å². The van der Waals surface area contributed by atoms with Gasteiger partial charge in [-0.2, -0.15) is 0 Å². The van der Waals surface area contributed by atoms with E-state index in [-0.39, 0.29) is 17.4 Å². The Kier molecular flexibility index (Phi) is 4.39. The van der Waals surface area contributed by atoms with Crippen LogP contribution in [0.15, 0.2) is 18.2 Å². The third-order valence-electron chi connectivity index (χ3n) is 1.68. The second-order valence-corrected chi connectivity index (χ2v) is 3.11. The third kappa shape index (κ3) is 3.42. The SMILES string of the molecule is CCOCOc1ccc(Cl)c(C(=O)O)c1. The topological polar surface area (TPSA) is 55.8 Å². The van der Waals surface area contributed by atoms with Crippen molar-refractivity contribution < 1.29 is 19.4 Å². The van der Waals surface area contributed by atoms with Crippen molar-refractivity contribution in [3.8, 4) is 5.75 Å². The van der Waals surface area contributed by atoms with Crippen LogP contribution in [0.25, 0.3) is 0 Å². The fourth-order valence-electron chi connectivity index (χ4n) is 0.951. The molecular weight excluding hydrogens is 220 g/mol. The van der Waals surface area contributed by atoms with Gasteiger partial charge in [0, 0.05) is 6.61 Å². The van der Waals surface area contributed by atoms with Gasteiger partial charge in [0.15, 0.2) is 6.79 Å². The Labute approximate surface area is 92.4 Å². The molecule has 1 rings (SSSR count). The van der Waals surface area contributed by atoms with E-state index in [1.807, 2.05) is 6.92 Å². The van der Waals surface area contributed by atoms with Gasteiger partial charge in [0.25, 0.3) is 0 Å². The zero-order valence-corrected chi connectivity index (χ0v) is 8.95. The van der Waals surface area contributed by atoms with Crippen LogP contribution < -0.4 is 4.74 Å². The molecule has 0 unspecified atom stereocenters. The minimum atomic E-state index is -1.08. The molecule has 0 bridgehead atoms. The molecule has 0 aliphatic carbocycles. The maximum atomic E-state index is 10.7. The zero-order valence-electron chi connectivity index (χ0n) is 8.20. The number of hydrogen-bond donors (Lipinski definition) is 1. The Balaban J connectivity index is 2.74. The minimum absolute atomic E-state index is 0.0191. The highest BCUT2D eigenvalue weighted by Gasteiger charge is 2.09. The fraction of sp³-hybridized carbons (Fsp3) is 0.300. The summed E-state index contributed by atoms with van der Waals surface area (Å²) in [5.41, 5.74) is 0.0191. The Morgan fingerprint density at radius 2 is 2.27 bits per heavy atom. The molecule has 0 aliphatic heterocycles. The molecular formula is C10H11ClO4. The van der Waals surface area contributed by atoms with E-state index >= 15 is 0 Å². The van der Waals surface area contributed by atoms with Crippen molar-refractivity contribution in [1.82, 2.24) is 0 Å². The average molecular weight is 231 g/mol. The molecule has 0 aromatic heterocycles. The van der Waals surface area contributed by atoms with Gasteiger partial charge >= 0.3 is 5.97 Å². The maximum Gasteiger partial charge on any atom is 0.337 e. The Bertz CT molecular complexity index is 351. The first-order valence-electron chi connectivity index (χ1n) is 4.38. The number of carboxylic acids is 1. The predicted octanol–water partition coefficient (Wildman–Crippen LogP) is 2.41. The van der Waals surface area contributed by atoms with Crippen molar-refractivity contribution in [2.24, 2.45) is 0 Å². The number of carboxylic acid groups (broad SMARTS) is 1. The second kappa shape index (κ2) is 5.58. The van der Waals surface area contributed by atoms with E-state index in [0.29, 0.717) is 12.4 Å². The first-order valence-corrected chi connectivity index (χ1v) is 4.76. The van der Waals surface area contributed by atoms with Crippen LogP contribution >= 0.6 is 11.6 Å². The summed E-state index contributed by atoms with van der Waals surface area (Å²) in [6.45, 7) is 2.48. The van der Waals surface area contributed by atoms with Crippen LogP contribution in [0.1, 0.15) is 17.3 Å². The van der Waals surface area contributed by atoms with Crippen molar-refractivity contribution >= 4 is 17.6 Å². The molecule has 1 aromatic rings. The highest BCUT2D eigenvalue weighted by molar-refractivity contribution is 6.33. The molecule has 4 nitrogen and oxygen atoms in total. The van der Waals surface area contributed by atoms with E-state index in [1.54, 1.807) is 6.07 Å². The highest BCUT2D eigenvalue weighted by Crippen LogP contribution is 2.22. The molecule has 15 heavy (non-hydrogen) atoms. The van der Waals surface area contributed by atoms with Gasteiger partial charge in [-0.3, -0.25) is 0 Å². The van der Waals surface area contributed by atoms with Gasteiger partial charge < -0.3 is 14.6 Å². The van der Waals surface area contributed by atoms with Crippen molar-refractivity contribution in [2.75, 3.05) is 13.4 Å². The van der Waals surface area contributed by atoms with Crippen LogP contribution in [0, 0.1) is 0 Å². The number of carbonyl (C=O) groups is 1. The maximum absolute atomic E-state index is 10.7. The van der Waals surface area contributed by atoms with Gasteiger partial charge in [0.05, 0.1) is 10.6 Å². The molecule has 5 heteroatoms. The van der Waals surface area contributed by atoms with Crippen LogP contribution in [0.3, 0.4) is 0 Å². The van der Waals surface area contributed by atoms with Crippen LogP contribution in [0.2, 0.25) is 5.02 Å². The van der Waals surface area contributed by atoms with Gasteiger partial charge in [-0.25, -0.2) is 4.79 Å². The van der Waals surface area contributed by atoms with Gasteiger partial charge in [-0.05, 0) is 25.1 Å². The number of benzene rings is 1. The van der Waals surface area contributed by atoms with Gasteiger partial charge in [-0.15, -0.1) is 0 Å². The first kappa shape index (κ1) is 11.8. The molecule has 1 N–H and O–H groups in total. The van der Waals surface area contributed by atoms with E-state index in [1.165, 1.54) is 12.1 Å². The Hall–Kier alpha value is -1.26. The smallest absolute Gasteiger partial charge is 0.337 e. The molecule has 0 atom stereocenters. The standard InChI is InChI=1S/C10H11ClO4/c1-2-14-6-15-7-3-4-9(11)8(5-7)10(12)13/h3-5H,2,6H2,1H3,(H,12,13). The van der Waals surface area contributed by atoms with Gasteiger partial charge in [0.1, 0.15) is 5.75 Å². The quantitative estimate of drug-likeness (QED) is 0.623. The van der Waals surface area contributed by atoms with Gasteiger partial charge in [0.2, 0.25) is 0 Å². The monoisotopic (exact) mass is 230 g/mol. The minimum Gasteiger partial charge on any atom is -0.478 e. The summed E-state index contributed by atoms with van der Waals surface area (Å²) in [5, 5.41) is 8.98. The van der Waals surface area contributed by atoms with Crippen LogP contribution in [-0.4, -0.2) is 24.5 Å². The lowest BCUT2D eigenvalue weighted by molar-refractivity contribution is 0.0223. The van der Waals surface area contributed by atoms with E-state index in [4.69, 9.17) is 26.2 Å². The third-order valence-corrected chi connectivity index (χ3v) is 2.01. The van der Waals surface area contributed by atoms with Crippen LogP contribution in [0.5, 0.6) is 5.75 Å². The number of aromatic carboxylic acids is 1. The molecule has 0 spiro atoms. The van der Waals surface area contributed by atoms with Crippen molar-refractivity contribution in [1.29, 1.82) is 0 Å². The largest absolute Gasteiger partial charge is 0.478 e. The molecule has 0 heterocycles. The summed E-state index contributed by atoms with van der Waals surface area (Å²) in [6.07, 6.45) is 0. The van der Waals surface area contributed by atoms with E-state index < -0.39 is 5.97 Å². The molecule has 0 saturated heterocycles. The second-order valence-electron chi connectivity index (χ2n) is 2.70. The fourth-order valence-corrected chi connectivity index (χ4v) is 1.15. The summed E-state index contributed by atoms with van der Waals surface area (Å²) < 4.78 is 10.1. The predicted molar refractivity (Wildman–Crippen MR) is 55.5 cm³/mol. The number of hydrogen-bond acceptors (Lipinski definition) is 3. The summed E-state index contributed by atoms with van der Waals surface area (Å²) >= 11 is 5.68. The van der Waals surface area contributed by atoms with E-state index in [9.17, 15) is 4.79 Å². The van der Waals surface area contributed by atoms with E-state index in [2.05, 4.69) is 0 Å². The Morgan fingerprint density at radius 3 is 2.87 bits per heavy atom. The van der Waals surface area contributed by atoms with E-state index in [0.717, 1.165) is 0 Å². The highest BCUT2D eigenvalue weighted by atomic mass is 35.5. The lowest BCUT2D eigenvalue weighted by Crippen LogP contribution is -2.04. The number of ether oxygens (including phenoxy) is 2. The van der Waals surface area contributed by atoms with Crippen molar-refractivity contribution in [3.63, 3.8) is 0 Å². The molecule has 0 fully saturated rings. The number of rotatable bonds is 5. The van der Waals surface area contributed by atoms with Crippen LogP contribution in [-0.2, 0) is 4.74 Å². The molecule has 1 aromatic carbocycles. The Morgan fingerprint density at radius 1 is 1.53 bits per heavy atom.